The van der Waals surface area contributed by atoms with Crippen LogP contribution in [0.2, 0.25) is 0 Å². The molecule has 2 amide bonds. The van der Waals surface area contributed by atoms with Crippen molar-refractivity contribution < 1.29 is 9.59 Å². The molecule has 0 saturated carbocycles. The normalized spacial score (nSPS) is 15.7. The maximum atomic E-state index is 13.0. The van der Waals surface area contributed by atoms with Gasteiger partial charge in [0.05, 0.1) is 11.4 Å². The lowest BCUT2D eigenvalue weighted by atomic mass is 10.0. The molecule has 0 aliphatic carbocycles. The average Bonchev–Trinajstić information content (AvgIpc) is 3.02. The van der Waals surface area contributed by atoms with Crippen LogP contribution in [0.5, 0.6) is 0 Å². The van der Waals surface area contributed by atoms with Crippen molar-refractivity contribution in [1.29, 1.82) is 0 Å². The van der Waals surface area contributed by atoms with Crippen LogP contribution >= 0.6 is 11.8 Å². The highest BCUT2D eigenvalue weighted by Crippen LogP contribution is 2.35. The quantitative estimate of drug-likeness (QED) is 0.386. The number of thioether (sulfide) groups is 1. The number of benzene rings is 4. The molecule has 1 saturated heterocycles. The maximum absolute atomic E-state index is 13.0. The summed E-state index contributed by atoms with van der Waals surface area (Å²) in [6.45, 7) is 0.277. The van der Waals surface area contributed by atoms with Gasteiger partial charge in [0.1, 0.15) is 0 Å². The van der Waals surface area contributed by atoms with Gasteiger partial charge in [-0.25, -0.2) is 0 Å². The van der Waals surface area contributed by atoms with E-state index in [0.717, 1.165) is 44.4 Å². The van der Waals surface area contributed by atoms with Gasteiger partial charge < -0.3 is 0 Å². The fourth-order valence-electron chi connectivity index (χ4n) is 3.75. The minimum atomic E-state index is -0.235. The molecule has 0 aromatic heterocycles. The third-order valence-electron chi connectivity index (χ3n) is 5.19. The summed E-state index contributed by atoms with van der Waals surface area (Å²) >= 11 is 1.01. The molecule has 1 heterocycles. The van der Waals surface area contributed by atoms with Crippen molar-refractivity contribution in [2.45, 2.75) is 6.54 Å². The van der Waals surface area contributed by atoms with Gasteiger partial charge in [-0.05, 0) is 50.5 Å². The number of nitrogens with zero attached hydrogens (tertiary/aromatic N) is 1. The highest BCUT2D eigenvalue weighted by atomic mass is 32.2. The first-order valence-electron chi connectivity index (χ1n) is 9.40. The second-order valence-corrected chi connectivity index (χ2v) is 7.97. The topological polar surface area (TPSA) is 37.4 Å². The van der Waals surface area contributed by atoms with E-state index in [4.69, 9.17) is 0 Å². The number of carbonyl (C=O) groups excluding carboxylic acids is 2. The molecule has 0 radical (unpaired) electrons. The summed E-state index contributed by atoms with van der Waals surface area (Å²) in [6.07, 6.45) is 1.83. The Morgan fingerprint density at radius 2 is 1.34 bits per heavy atom. The maximum Gasteiger partial charge on any atom is 0.293 e. The van der Waals surface area contributed by atoms with E-state index in [1.807, 2.05) is 91.0 Å². The van der Waals surface area contributed by atoms with Gasteiger partial charge in [-0.1, -0.05) is 84.9 Å². The zero-order valence-corrected chi connectivity index (χ0v) is 16.4. The van der Waals surface area contributed by atoms with Crippen LogP contribution in [0.4, 0.5) is 4.79 Å². The molecule has 0 spiro atoms. The lowest BCUT2D eigenvalue weighted by Crippen LogP contribution is -2.27. The van der Waals surface area contributed by atoms with Crippen molar-refractivity contribution in [3.05, 3.63) is 101 Å². The summed E-state index contributed by atoms with van der Waals surface area (Å²) in [6, 6.07) is 28.0. The van der Waals surface area contributed by atoms with E-state index >= 15 is 0 Å². The summed E-state index contributed by atoms with van der Waals surface area (Å²) < 4.78 is 0. The molecule has 4 aromatic carbocycles. The molecule has 0 bridgehead atoms. The molecule has 0 atom stereocenters. The Morgan fingerprint density at radius 1 is 0.724 bits per heavy atom. The molecule has 4 aromatic rings. The second-order valence-electron chi connectivity index (χ2n) is 6.97. The second kappa shape index (κ2) is 7.22. The molecule has 1 aliphatic heterocycles. The molecule has 0 N–H and O–H groups in total. The number of rotatable bonds is 3. The van der Waals surface area contributed by atoms with Gasteiger partial charge in [0, 0.05) is 0 Å². The number of carbonyl (C=O) groups is 2. The van der Waals surface area contributed by atoms with Crippen molar-refractivity contribution in [3.63, 3.8) is 0 Å². The fraction of sp³-hybridized carbons (Fsp3) is 0.0400. The van der Waals surface area contributed by atoms with E-state index in [1.54, 1.807) is 0 Å². The van der Waals surface area contributed by atoms with Crippen LogP contribution in [-0.4, -0.2) is 16.0 Å². The third kappa shape index (κ3) is 3.22. The lowest BCUT2D eigenvalue weighted by Gasteiger charge is -2.14. The van der Waals surface area contributed by atoms with Gasteiger partial charge in [0.2, 0.25) is 0 Å². The minimum Gasteiger partial charge on any atom is -0.268 e. The number of hydrogen-bond donors (Lipinski definition) is 0. The number of imide groups is 1. The van der Waals surface area contributed by atoms with E-state index in [9.17, 15) is 9.59 Å². The first-order chi connectivity index (χ1) is 14.2. The fourth-order valence-corrected chi connectivity index (χ4v) is 4.58. The molecular weight excluding hydrogens is 378 g/mol. The van der Waals surface area contributed by atoms with Crippen molar-refractivity contribution >= 4 is 50.5 Å². The predicted octanol–water partition coefficient (Wildman–Crippen LogP) is 6.23. The van der Waals surface area contributed by atoms with E-state index in [1.165, 1.54) is 4.90 Å². The third-order valence-corrected chi connectivity index (χ3v) is 6.10. The van der Waals surface area contributed by atoms with Crippen molar-refractivity contribution in [2.75, 3.05) is 0 Å². The zero-order valence-electron chi connectivity index (χ0n) is 15.5. The Balaban J connectivity index is 1.49. The van der Waals surface area contributed by atoms with Gasteiger partial charge >= 0.3 is 0 Å². The van der Waals surface area contributed by atoms with Crippen LogP contribution < -0.4 is 0 Å². The van der Waals surface area contributed by atoms with Crippen LogP contribution in [0.15, 0.2) is 89.8 Å². The monoisotopic (exact) mass is 395 g/mol. The van der Waals surface area contributed by atoms with Crippen LogP contribution in [-0.2, 0) is 11.3 Å². The summed E-state index contributed by atoms with van der Waals surface area (Å²) in [5.41, 5.74) is 1.91. The first kappa shape index (κ1) is 17.7. The van der Waals surface area contributed by atoms with Crippen LogP contribution in [0.1, 0.15) is 11.1 Å². The summed E-state index contributed by atoms with van der Waals surface area (Å²) in [5, 5.41) is 4.11. The lowest BCUT2D eigenvalue weighted by molar-refractivity contribution is -0.123. The molecule has 4 heteroatoms. The van der Waals surface area contributed by atoms with E-state index in [2.05, 4.69) is 0 Å². The van der Waals surface area contributed by atoms with E-state index < -0.39 is 0 Å². The van der Waals surface area contributed by atoms with Gasteiger partial charge in [-0.2, -0.15) is 0 Å². The molecule has 29 heavy (non-hydrogen) atoms. The van der Waals surface area contributed by atoms with Gasteiger partial charge in [0.25, 0.3) is 11.1 Å². The van der Waals surface area contributed by atoms with Crippen molar-refractivity contribution in [1.82, 2.24) is 4.90 Å². The molecule has 5 rings (SSSR count). The SMILES string of the molecule is O=C1S/C(=C\c2cccc3ccccc23)C(=O)N1Cc1cccc2ccccc12. The smallest absolute Gasteiger partial charge is 0.268 e. The average molecular weight is 395 g/mol. The van der Waals surface area contributed by atoms with E-state index in [-0.39, 0.29) is 17.7 Å². The highest BCUT2D eigenvalue weighted by molar-refractivity contribution is 8.18. The Kier molecular flexibility index (Phi) is 4.41. The standard InChI is InChI=1S/C25H17NO2S/c27-24-23(15-19-11-5-9-17-7-1-3-13-21(17)19)29-25(28)26(24)16-20-12-6-10-18-8-2-4-14-22(18)20/h1-15H,16H2/b23-15-. The van der Waals surface area contributed by atoms with Crippen molar-refractivity contribution in [3.8, 4) is 0 Å². The molecule has 1 aliphatic rings. The molecule has 1 fully saturated rings. The number of amides is 2. The van der Waals surface area contributed by atoms with Gasteiger partial charge in [-0.15, -0.1) is 0 Å². The first-order valence-corrected chi connectivity index (χ1v) is 10.2. The Bertz CT molecular complexity index is 1300. The Hall–Kier alpha value is -3.37. The zero-order chi connectivity index (χ0) is 19.8. The molecule has 0 unspecified atom stereocenters. The predicted molar refractivity (Wildman–Crippen MR) is 119 cm³/mol. The Labute approximate surface area is 172 Å². The molecule has 140 valence electrons. The molecular formula is C25H17NO2S. The summed E-state index contributed by atoms with van der Waals surface area (Å²) in [4.78, 5) is 27.4. The summed E-state index contributed by atoms with van der Waals surface area (Å²) in [5.74, 6) is -0.235. The van der Waals surface area contributed by atoms with Gasteiger partial charge in [-0.3, -0.25) is 14.5 Å². The van der Waals surface area contributed by atoms with E-state index in [0.29, 0.717) is 4.91 Å². The van der Waals surface area contributed by atoms with Crippen molar-refractivity contribution in [2.24, 2.45) is 0 Å². The van der Waals surface area contributed by atoms with Gasteiger partial charge in [0.15, 0.2) is 0 Å². The number of hydrogen-bond acceptors (Lipinski definition) is 3. The van der Waals surface area contributed by atoms with Crippen LogP contribution in [0.3, 0.4) is 0 Å². The Morgan fingerprint density at radius 3 is 2.14 bits per heavy atom. The largest absolute Gasteiger partial charge is 0.293 e. The summed E-state index contributed by atoms with van der Waals surface area (Å²) in [7, 11) is 0. The number of fused-ring (bicyclic) bond motifs is 2. The van der Waals surface area contributed by atoms with Crippen LogP contribution in [0.25, 0.3) is 27.6 Å². The molecule has 3 nitrogen and oxygen atoms in total. The minimum absolute atomic E-state index is 0.227. The van der Waals surface area contributed by atoms with Crippen LogP contribution in [0, 0.1) is 0 Å². The highest BCUT2D eigenvalue weighted by Gasteiger charge is 2.35.